The summed E-state index contributed by atoms with van der Waals surface area (Å²) >= 11 is 0. The largest absolute Gasteiger partial charge is 0.341 e. The fourth-order valence-electron chi connectivity index (χ4n) is 3.06. The van der Waals surface area contributed by atoms with Crippen molar-refractivity contribution >= 4 is 5.91 Å². The van der Waals surface area contributed by atoms with E-state index in [1.165, 1.54) is 12.8 Å². The SMILES string of the molecule is CN(C)C1CCN(C(=O)CC2(N)CCCC2)C1. The molecule has 1 saturated heterocycles. The van der Waals surface area contributed by atoms with E-state index in [1.54, 1.807) is 0 Å². The van der Waals surface area contributed by atoms with Crippen molar-refractivity contribution in [2.45, 2.75) is 50.1 Å². The lowest BCUT2D eigenvalue weighted by Crippen LogP contribution is -2.43. The molecule has 1 unspecified atom stereocenters. The van der Waals surface area contributed by atoms with Crippen molar-refractivity contribution in [3.05, 3.63) is 0 Å². The zero-order valence-corrected chi connectivity index (χ0v) is 11.1. The van der Waals surface area contributed by atoms with Gasteiger partial charge in [-0.25, -0.2) is 0 Å². The number of hydrogen-bond donors (Lipinski definition) is 1. The van der Waals surface area contributed by atoms with Crippen molar-refractivity contribution in [3.63, 3.8) is 0 Å². The maximum atomic E-state index is 12.2. The van der Waals surface area contributed by atoms with Crippen LogP contribution in [0.4, 0.5) is 0 Å². The van der Waals surface area contributed by atoms with Crippen LogP contribution in [0.5, 0.6) is 0 Å². The molecule has 0 aromatic heterocycles. The molecule has 2 rings (SSSR count). The van der Waals surface area contributed by atoms with Gasteiger partial charge in [-0.2, -0.15) is 0 Å². The molecule has 0 aromatic rings. The van der Waals surface area contributed by atoms with Crippen LogP contribution in [0.3, 0.4) is 0 Å². The number of nitrogens with zero attached hydrogens (tertiary/aromatic N) is 2. The van der Waals surface area contributed by atoms with Gasteiger partial charge < -0.3 is 15.5 Å². The lowest BCUT2D eigenvalue weighted by molar-refractivity contribution is -0.131. The Hall–Kier alpha value is -0.610. The summed E-state index contributed by atoms with van der Waals surface area (Å²) in [4.78, 5) is 16.4. The molecular formula is C13H25N3O. The molecule has 0 aromatic carbocycles. The first-order chi connectivity index (χ1) is 8.00. The first-order valence-electron chi connectivity index (χ1n) is 6.73. The Bertz CT molecular complexity index is 284. The fourth-order valence-corrected chi connectivity index (χ4v) is 3.06. The predicted molar refractivity (Wildman–Crippen MR) is 68.7 cm³/mol. The molecule has 1 amide bonds. The zero-order valence-electron chi connectivity index (χ0n) is 11.1. The van der Waals surface area contributed by atoms with Gasteiger partial charge >= 0.3 is 0 Å². The lowest BCUT2D eigenvalue weighted by Gasteiger charge is -2.26. The summed E-state index contributed by atoms with van der Waals surface area (Å²) in [5, 5.41) is 0. The molecule has 1 saturated carbocycles. The number of likely N-dealkylation sites (tertiary alicyclic amines) is 1. The van der Waals surface area contributed by atoms with Crippen molar-refractivity contribution in [1.29, 1.82) is 0 Å². The van der Waals surface area contributed by atoms with Crippen LogP contribution in [0.2, 0.25) is 0 Å². The third-order valence-electron chi connectivity index (χ3n) is 4.35. The van der Waals surface area contributed by atoms with E-state index in [0.29, 0.717) is 12.5 Å². The highest BCUT2D eigenvalue weighted by atomic mass is 16.2. The van der Waals surface area contributed by atoms with E-state index in [-0.39, 0.29) is 11.4 Å². The Labute approximate surface area is 104 Å². The highest BCUT2D eigenvalue weighted by Crippen LogP contribution is 2.31. The van der Waals surface area contributed by atoms with Gasteiger partial charge in [0.1, 0.15) is 0 Å². The van der Waals surface area contributed by atoms with Gasteiger partial charge in [0.2, 0.25) is 5.91 Å². The van der Waals surface area contributed by atoms with Crippen LogP contribution in [0, 0.1) is 0 Å². The van der Waals surface area contributed by atoms with Crippen LogP contribution in [-0.4, -0.2) is 54.5 Å². The molecule has 4 nitrogen and oxygen atoms in total. The average Bonchev–Trinajstić information content (AvgIpc) is 2.86. The van der Waals surface area contributed by atoms with Crippen LogP contribution in [0.1, 0.15) is 38.5 Å². The van der Waals surface area contributed by atoms with Crippen LogP contribution in [0.25, 0.3) is 0 Å². The Morgan fingerprint density at radius 1 is 1.41 bits per heavy atom. The second kappa shape index (κ2) is 4.94. The minimum absolute atomic E-state index is 0.201. The molecule has 2 fully saturated rings. The van der Waals surface area contributed by atoms with Gasteiger partial charge in [0.15, 0.2) is 0 Å². The zero-order chi connectivity index (χ0) is 12.5. The van der Waals surface area contributed by atoms with E-state index in [4.69, 9.17) is 5.73 Å². The summed E-state index contributed by atoms with van der Waals surface area (Å²) in [7, 11) is 4.17. The van der Waals surface area contributed by atoms with Gasteiger partial charge in [0.25, 0.3) is 0 Å². The van der Waals surface area contributed by atoms with Crippen LogP contribution in [0.15, 0.2) is 0 Å². The summed E-state index contributed by atoms with van der Waals surface area (Å²) in [5.74, 6) is 0.263. The van der Waals surface area contributed by atoms with E-state index in [0.717, 1.165) is 32.4 Å². The highest BCUT2D eigenvalue weighted by Gasteiger charge is 2.35. The lowest BCUT2D eigenvalue weighted by atomic mass is 9.94. The van der Waals surface area contributed by atoms with Crippen LogP contribution < -0.4 is 5.73 Å². The normalized spacial score (nSPS) is 28.0. The van der Waals surface area contributed by atoms with Crippen LogP contribution in [-0.2, 0) is 4.79 Å². The van der Waals surface area contributed by atoms with Gasteiger partial charge in [0, 0.05) is 31.1 Å². The number of carbonyl (C=O) groups is 1. The van der Waals surface area contributed by atoms with Crippen molar-refractivity contribution in [3.8, 4) is 0 Å². The Balaban J connectivity index is 1.85. The monoisotopic (exact) mass is 239 g/mol. The number of hydrogen-bond acceptors (Lipinski definition) is 3. The molecule has 1 aliphatic heterocycles. The van der Waals surface area contributed by atoms with E-state index < -0.39 is 0 Å². The molecule has 2 N–H and O–H groups in total. The molecule has 1 heterocycles. The Kier molecular flexibility index (Phi) is 3.73. The molecular weight excluding hydrogens is 214 g/mol. The third-order valence-corrected chi connectivity index (χ3v) is 4.35. The molecule has 4 heteroatoms. The van der Waals surface area contributed by atoms with Gasteiger partial charge in [-0.05, 0) is 33.4 Å². The third kappa shape index (κ3) is 2.99. The molecule has 98 valence electrons. The minimum atomic E-state index is -0.201. The minimum Gasteiger partial charge on any atom is -0.341 e. The maximum Gasteiger partial charge on any atom is 0.224 e. The topological polar surface area (TPSA) is 49.6 Å². The van der Waals surface area contributed by atoms with E-state index in [2.05, 4.69) is 19.0 Å². The molecule has 0 spiro atoms. The quantitative estimate of drug-likeness (QED) is 0.793. The van der Waals surface area contributed by atoms with Crippen molar-refractivity contribution in [2.75, 3.05) is 27.2 Å². The summed E-state index contributed by atoms with van der Waals surface area (Å²) < 4.78 is 0. The van der Waals surface area contributed by atoms with Crippen molar-refractivity contribution in [2.24, 2.45) is 5.73 Å². The highest BCUT2D eigenvalue weighted by molar-refractivity contribution is 5.77. The summed E-state index contributed by atoms with van der Waals surface area (Å²) in [5.41, 5.74) is 6.06. The Morgan fingerprint density at radius 3 is 2.59 bits per heavy atom. The van der Waals surface area contributed by atoms with E-state index in [1.807, 2.05) is 4.90 Å². The van der Waals surface area contributed by atoms with Crippen LogP contribution >= 0.6 is 0 Å². The number of carbonyl (C=O) groups excluding carboxylic acids is 1. The molecule has 2 aliphatic rings. The number of nitrogens with two attached hydrogens (primary N) is 1. The second-order valence-corrected chi connectivity index (χ2v) is 5.99. The molecule has 1 aliphatic carbocycles. The summed E-state index contributed by atoms with van der Waals surface area (Å²) in [6.07, 6.45) is 6.05. The summed E-state index contributed by atoms with van der Waals surface area (Å²) in [6.45, 7) is 1.78. The standard InChI is InChI=1S/C13H25N3O/c1-15(2)11-5-8-16(10-11)12(17)9-13(14)6-3-4-7-13/h11H,3-10,14H2,1-2H3. The second-order valence-electron chi connectivity index (χ2n) is 5.99. The number of likely N-dealkylation sites (N-methyl/N-ethyl adjacent to an activating group) is 1. The maximum absolute atomic E-state index is 12.2. The average molecular weight is 239 g/mol. The van der Waals surface area contributed by atoms with E-state index in [9.17, 15) is 4.79 Å². The summed E-state index contributed by atoms with van der Waals surface area (Å²) in [6, 6.07) is 0.524. The van der Waals surface area contributed by atoms with Gasteiger partial charge in [-0.15, -0.1) is 0 Å². The van der Waals surface area contributed by atoms with Crippen molar-refractivity contribution < 1.29 is 4.79 Å². The Morgan fingerprint density at radius 2 is 2.06 bits per heavy atom. The molecule has 17 heavy (non-hydrogen) atoms. The first-order valence-corrected chi connectivity index (χ1v) is 6.73. The first kappa shape index (κ1) is 12.8. The molecule has 0 bridgehead atoms. The number of amides is 1. The molecule has 0 radical (unpaired) electrons. The van der Waals surface area contributed by atoms with Gasteiger partial charge in [-0.1, -0.05) is 12.8 Å². The van der Waals surface area contributed by atoms with Gasteiger partial charge in [0.05, 0.1) is 0 Å². The van der Waals surface area contributed by atoms with Gasteiger partial charge in [-0.3, -0.25) is 4.79 Å². The van der Waals surface area contributed by atoms with Crippen molar-refractivity contribution in [1.82, 2.24) is 9.80 Å². The van der Waals surface area contributed by atoms with E-state index >= 15 is 0 Å². The smallest absolute Gasteiger partial charge is 0.224 e. The number of rotatable bonds is 3. The predicted octanol–water partition coefficient (Wildman–Crippen LogP) is 0.811. The molecule has 1 atom stereocenters. The fraction of sp³-hybridized carbons (Fsp3) is 0.923.